The number of unbranched alkanes of at least 4 members (excludes halogenated alkanes) is 3. The van der Waals surface area contributed by atoms with E-state index in [0.717, 1.165) is 49.8 Å². The van der Waals surface area contributed by atoms with Crippen molar-refractivity contribution in [1.29, 1.82) is 0 Å². The van der Waals surface area contributed by atoms with E-state index in [2.05, 4.69) is 0 Å². The number of para-hydroxylation sites is 1. The van der Waals surface area contributed by atoms with E-state index < -0.39 is 5.41 Å². The molecule has 0 fully saturated rings. The van der Waals surface area contributed by atoms with Crippen LogP contribution in [-0.2, 0) is 25.5 Å². The van der Waals surface area contributed by atoms with Gasteiger partial charge in [0.25, 0.3) is 0 Å². The van der Waals surface area contributed by atoms with Gasteiger partial charge in [0.1, 0.15) is 5.75 Å². The molecule has 1 aromatic carbocycles. The molecule has 0 aliphatic rings. The number of ether oxygens (including phenoxy) is 3. The molecule has 0 saturated heterocycles. The highest BCUT2D eigenvalue weighted by atomic mass is 16.5. The van der Waals surface area contributed by atoms with E-state index in [-0.39, 0.29) is 24.5 Å². The molecule has 1 N–H and O–H groups in total. The molecule has 0 radical (unpaired) electrons. The maximum Gasteiger partial charge on any atom is 0.311 e. The lowest BCUT2D eigenvalue weighted by molar-refractivity contribution is -0.151. The summed E-state index contributed by atoms with van der Waals surface area (Å²) in [5, 5.41) is 8.89. The molecule has 0 spiro atoms. The number of rotatable bonds is 15. The van der Waals surface area contributed by atoms with E-state index in [1.807, 2.05) is 38.1 Å². The minimum absolute atomic E-state index is 0.202. The third kappa shape index (κ3) is 9.16. The van der Waals surface area contributed by atoms with Gasteiger partial charge in [-0.05, 0) is 57.6 Å². The van der Waals surface area contributed by atoms with Crippen LogP contribution in [0, 0.1) is 11.3 Å². The lowest BCUT2D eigenvalue weighted by atomic mass is 9.88. The molecule has 1 rings (SSSR count). The summed E-state index contributed by atoms with van der Waals surface area (Å²) in [7, 11) is 2.83. The van der Waals surface area contributed by atoms with E-state index in [1.165, 1.54) is 14.2 Å². The molecule has 6 nitrogen and oxygen atoms in total. The number of benzene rings is 1. The van der Waals surface area contributed by atoms with Crippen LogP contribution in [0.2, 0.25) is 0 Å². The summed E-state index contributed by atoms with van der Waals surface area (Å²) < 4.78 is 15.8. The molecular formula is C24H38O6. The second kappa shape index (κ2) is 14.0. The third-order valence-electron chi connectivity index (χ3n) is 5.38. The highest BCUT2D eigenvalue weighted by Crippen LogP contribution is 2.27. The molecule has 0 heterocycles. The SMILES string of the molecule is COC(=O)C(CCCCCCO)Cc1ccccc1OCCCC(C)(C)C(=O)OC. The molecular weight excluding hydrogens is 384 g/mol. The lowest BCUT2D eigenvalue weighted by Crippen LogP contribution is -2.26. The first-order valence-corrected chi connectivity index (χ1v) is 10.8. The van der Waals surface area contributed by atoms with E-state index in [4.69, 9.17) is 19.3 Å². The Kier molecular flexibility index (Phi) is 12.1. The average Bonchev–Trinajstić information content (AvgIpc) is 2.75. The van der Waals surface area contributed by atoms with Crippen LogP contribution >= 0.6 is 0 Å². The largest absolute Gasteiger partial charge is 0.493 e. The number of carbonyl (C=O) groups excluding carboxylic acids is 2. The molecule has 1 atom stereocenters. The fourth-order valence-electron chi connectivity index (χ4n) is 3.48. The molecule has 1 aromatic rings. The summed E-state index contributed by atoms with van der Waals surface area (Å²) in [5.74, 6) is 0.129. The van der Waals surface area contributed by atoms with Gasteiger partial charge < -0.3 is 19.3 Å². The van der Waals surface area contributed by atoms with Crippen molar-refractivity contribution >= 4 is 11.9 Å². The fourth-order valence-corrected chi connectivity index (χ4v) is 3.48. The smallest absolute Gasteiger partial charge is 0.311 e. The average molecular weight is 423 g/mol. The maximum atomic E-state index is 12.3. The Morgan fingerprint density at radius 3 is 2.37 bits per heavy atom. The Labute approximate surface area is 180 Å². The monoisotopic (exact) mass is 422 g/mol. The second-order valence-corrected chi connectivity index (χ2v) is 8.29. The van der Waals surface area contributed by atoms with Gasteiger partial charge in [0, 0.05) is 6.61 Å². The Balaban J connectivity index is 2.64. The number of hydrogen-bond donors (Lipinski definition) is 1. The number of methoxy groups -OCH3 is 2. The standard InChI is InChI=1S/C24H38O6/c1-24(2,23(27)29-4)15-11-17-30-21-14-9-8-12-19(21)18-20(22(26)28-3)13-7-5-6-10-16-25/h8-9,12,14,20,25H,5-7,10-11,13,15-18H2,1-4H3. The summed E-state index contributed by atoms with van der Waals surface area (Å²) in [5.41, 5.74) is 0.444. The Morgan fingerprint density at radius 1 is 1.00 bits per heavy atom. The predicted octanol–water partition coefficient (Wildman–Crippen LogP) is 4.32. The van der Waals surface area contributed by atoms with Crippen LogP contribution in [0.3, 0.4) is 0 Å². The van der Waals surface area contributed by atoms with Crippen LogP contribution in [0.15, 0.2) is 24.3 Å². The normalized spacial score (nSPS) is 12.3. The van der Waals surface area contributed by atoms with Crippen LogP contribution in [0.1, 0.15) is 64.4 Å². The quantitative estimate of drug-likeness (QED) is 0.335. The minimum atomic E-state index is -0.538. The van der Waals surface area contributed by atoms with E-state index in [1.54, 1.807) is 0 Å². The first-order chi connectivity index (χ1) is 14.4. The van der Waals surface area contributed by atoms with Crippen molar-refractivity contribution in [1.82, 2.24) is 0 Å². The van der Waals surface area contributed by atoms with Gasteiger partial charge >= 0.3 is 11.9 Å². The second-order valence-electron chi connectivity index (χ2n) is 8.29. The van der Waals surface area contributed by atoms with Gasteiger partial charge in [-0.3, -0.25) is 9.59 Å². The Hall–Kier alpha value is -2.08. The number of hydrogen-bond acceptors (Lipinski definition) is 6. The molecule has 0 bridgehead atoms. The highest BCUT2D eigenvalue weighted by Gasteiger charge is 2.28. The molecule has 0 aliphatic carbocycles. The van der Waals surface area contributed by atoms with Crippen molar-refractivity contribution in [3.05, 3.63) is 29.8 Å². The van der Waals surface area contributed by atoms with Gasteiger partial charge in [-0.15, -0.1) is 0 Å². The van der Waals surface area contributed by atoms with Crippen molar-refractivity contribution in [3.63, 3.8) is 0 Å². The van der Waals surface area contributed by atoms with Gasteiger partial charge in [0.15, 0.2) is 0 Å². The van der Waals surface area contributed by atoms with Gasteiger partial charge in [0.2, 0.25) is 0 Å². The number of aliphatic hydroxyl groups excluding tert-OH is 1. The van der Waals surface area contributed by atoms with Gasteiger partial charge in [-0.25, -0.2) is 0 Å². The third-order valence-corrected chi connectivity index (χ3v) is 5.38. The molecule has 170 valence electrons. The minimum Gasteiger partial charge on any atom is -0.493 e. The zero-order valence-electron chi connectivity index (χ0n) is 18.9. The van der Waals surface area contributed by atoms with Gasteiger partial charge in [0.05, 0.1) is 32.2 Å². The topological polar surface area (TPSA) is 82.1 Å². The Bertz CT molecular complexity index is 640. The van der Waals surface area contributed by atoms with Crippen molar-refractivity contribution in [3.8, 4) is 5.75 Å². The van der Waals surface area contributed by atoms with Crippen LogP contribution in [0.25, 0.3) is 0 Å². The molecule has 6 heteroatoms. The molecule has 0 aromatic heterocycles. The van der Waals surface area contributed by atoms with E-state index in [9.17, 15) is 9.59 Å². The van der Waals surface area contributed by atoms with Crippen molar-refractivity contribution < 1.29 is 28.9 Å². The van der Waals surface area contributed by atoms with Gasteiger partial charge in [-0.1, -0.05) is 37.5 Å². The molecule has 0 saturated carbocycles. The van der Waals surface area contributed by atoms with Crippen molar-refractivity contribution in [2.24, 2.45) is 11.3 Å². The molecule has 1 unspecified atom stereocenters. The van der Waals surface area contributed by atoms with E-state index >= 15 is 0 Å². The molecule has 0 amide bonds. The first-order valence-electron chi connectivity index (χ1n) is 10.8. The fraction of sp³-hybridized carbons (Fsp3) is 0.667. The van der Waals surface area contributed by atoms with Crippen LogP contribution in [0.5, 0.6) is 5.75 Å². The molecule has 0 aliphatic heterocycles. The Morgan fingerprint density at radius 2 is 1.70 bits per heavy atom. The number of aliphatic hydroxyl groups is 1. The number of esters is 2. The van der Waals surface area contributed by atoms with Crippen LogP contribution < -0.4 is 4.74 Å². The maximum absolute atomic E-state index is 12.3. The van der Waals surface area contributed by atoms with Crippen molar-refractivity contribution in [2.75, 3.05) is 27.4 Å². The van der Waals surface area contributed by atoms with Gasteiger partial charge in [-0.2, -0.15) is 0 Å². The predicted molar refractivity (Wildman–Crippen MR) is 116 cm³/mol. The summed E-state index contributed by atoms with van der Waals surface area (Å²) in [6.07, 6.45) is 6.38. The first kappa shape index (κ1) is 26.0. The summed E-state index contributed by atoms with van der Waals surface area (Å²) in [6.45, 7) is 4.44. The summed E-state index contributed by atoms with van der Waals surface area (Å²) >= 11 is 0. The number of carbonyl (C=O) groups is 2. The molecule has 30 heavy (non-hydrogen) atoms. The summed E-state index contributed by atoms with van der Waals surface area (Å²) in [4.78, 5) is 24.1. The highest BCUT2D eigenvalue weighted by molar-refractivity contribution is 5.75. The zero-order valence-corrected chi connectivity index (χ0v) is 18.9. The van der Waals surface area contributed by atoms with Crippen LogP contribution in [-0.4, -0.2) is 44.5 Å². The van der Waals surface area contributed by atoms with E-state index in [0.29, 0.717) is 19.4 Å². The zero-order chi connectivity index (χ0) is 22.4. The van der Waals surface area contributed by atoms with Crippen molar-refractivity contribution in [2.45, 2.75) is 65.2 Å². The lowest BCUT2D eigenvalue weighted by Gasteiger charge is -2.21. The van der Waals surface area contributed by atoms with Crippen LogP contribution in [0.4, 0.5) is 0 Å². The summed E-state index contributed by atoms with van der Waals surface area (Å²) in [6, 6.07) is 7.75.